The average Bonchev–Trinajstić information content (AvgIpc) is 1.09. The Kier molecular flexibility index (Phi) is 8.23. The maximum absolute atomic E-state index is 13.1. The van der Waals surface area contributed by atoms with Gasteiger partial charge in [-0.05, 0) is 97.1 Å². The van der Waals surface area contributed by atoms with E-state index in [0.717, 1.165) is 33.4 Å². The van der Waals surface area contributed by atoms with Crippen LogP contribution < -0.4 is 0 Å². The van der Waals surface area contributed by atoms with Crippen LogP contribution in [0.2, 0.25) is 0 Å². The number of imidazole rings is 1. The SMILES string of the molecule is [2H]C(C)(C)c1cc(-n2c(-c3cc(C(C([2H])([2H])[2H])(C([2H])([2H])[2H])C([2H])([2H])[2H])cc(C(C([2H])([2H])[2H])(C([2H])([2H])[2H])C([2H])([2H])[2H])c3O)nc3c(-c4[c-]c(-c5cc(-c6ccc(-c7ccccc7)cc6)ccn5)cc(-c5ccccc5)c4)cccc32)ccc1-c1ccccc1.[Pt]. The summed E-state index contributed by atoms with van der Waals surface area (Å²) in [7, 11) is 0. The molecule has 0 spiro atoms. The second-order valence-corrected chi connectivity index (χ2v) is 17.4. The van der Waals surface area contributed by atoms with Crippen molar-refractivity contribution in [2.24, 2.45) is 0 Å². The van der Waals surface area contributed by atoms with Gasteiger partial charge in [-0.25, -0.2) is 4.98 Å². The Morgan fingerprint density at radius 1 is 0.543 bits per heavy atom. The molecule has 2 heterocycles. The van der Waals surface area contributed by atoms with Crippen LogP contribution in [0.15, 0.2) is 194 Å². The topological polar surface area (TPSA) is 50.9 Å². The summed E-state index contributed by atoms with van der Waals surface area (Å²) in [5, 5.41) is 13.1. The summed E-state index contributed by atoms with van der Waals surface area (Å²) >= 11 is 0. The van der Waals surface area contributed by atoms with Gasteiger partial charge in [0.1, 0.15) is 11.6 Å². The van der Waals surface area contributed by atoms with Gasteiger partial charge in [-0.3, -0.25) is 9.55 Å². The number of phenolic OH excluding ortho intramolecular Hbond substituents is 1. The van der Waals surface area contributed by atoms with E-state index >= 15 is 0 Å². The third kappa shape index (κ3) is 9.46. The number of para-hydroxylation sites is 1. The van der Waals surface area contributed by atoms with Crippen molar-refractivity contribution in [1.82, 2.24) is 14.5 Å². The number of benzene rings is 8. The molecule has 10 aromatic rings. The Labute approximate surface area is 454 Å². The van der Waals surface area contributed by atoms with Crippen LogP contribution in [-0.4, -0.2) is 19.6 Å². The summed E-state index contributed by atoms with van der Waals surface area (Å²) in [5.41, 5.74) is -2.35. The number of aromatic hydroxyl groups is 1. The summed E-state index contributed by atoms with van der Waals surface area (Å²) in [6, 6.07) is 58.9. The molecule has 0 aliphatic carbocycles. The Balaban J connectivity index is 0.00000941. The van der Waals surface area contributed by atoms with Crippen LogP contribution >= 0.6 is 0 Å². The number of hydrogen-bond donors (Lipinski definition) is 1. The molecule has 4 nitrogen and oxygen atoms in total. The van der Waals surface area contributed by atoms with Crippen molar-refractivity contribution in [1.29, 1.82) is 0 Å². The number of aromatic nitrogens is 3. The van der Waals surface area contributed by atoms with E-state index in [1.54, 1.807) is 56.4 Å². The van der Waals surface area contributed by atoms with Gasteiger partial charge in [-0.2, -0.15) is 0 Å². The molecule has 5 heteroatoms. The molecule has 0 saturated heterocycles. The van der Waals surface area contributed by atoms with Crippen LogP contribution in [0.1, 0.15) is 104 Å². The maximum atomic E-state index is 13.1. The first-order valence-corrected chi connectivity index (χ1v) is 22.4. The van der Waals surface area contributed by atoms with E-state index in [1.165, 1.54) is 4.57 Å². The molecule has 0 aliphatic rings. The molecule has 1 N–H and O–H groups in total. The second kappa shape index (κ2) is 19.3. The van der Waals surface area contributed by atoms with E-state index in [9.17, 15) is 6.48 Å². The first kappa shape index (κ1) is 29.8. The molecule has 8 aromatic carbocycles. The van der Waals surface area contributed by atoms with E-state index in [1.807, 2.05) is 140 Å². The van der Waals surface area contributed by atoms with Gasteiger partial charge < -0.3 is 5.11 Å². The minimum absolute atomic E-state index is 0. The monoisotopic (exact) mass is 1110 g/mol. The normalized spacial score (nSPS) is 17.0. The molecule has 0 fully saturated rings. The first-order chi connectivity index (χ1) is 41.0. The van der Waals surface area contributed by atoms with Crippen molar-refractivity contribution in [2.75, 3.05) is 0 Å². The molecule has 0 aliphatic heterocycles. The van der Waals surface area contributed by atoms with Gasteiger partial charge in [0.05, 0.1) is 16.6 Å². The Hall–Kier alpha value is -7.13. The van der Waals surface area contributed by atoms with Crippen LogP contribution in [0.25, 0.3) is 95.0 Å². The van der Waals surface area contributed by atoms with Gasteiger partial charge in [-0.1, -0.05) is 217 Å². The van der Waals surface area contributed by atoms with Crippen LogP contribution in [-0.2, 0) is 31.9 Å². The van der Waals surface area contributed by atoms with E-state index in [4.69, 9.17) is 34.6 Å². The van der Waals surface area contributed by atoms with E-state index in [-0.39, 0.29) is 43.9 Å². The number of rotatable bonds is 9. The predicted octanol–water partition coefficient (Wildman–Crippen LogP) is 17.3. The van der Waals surface area contributed by atoms with Crippen molar-refractivity contribution in [3.05, 3.63) is 217 Å². The molecular formula is C65H58N3OPt-. The van der Waals surface area contributed by atoms with Crippen molar-refractivity contribution < 1.29 is 52.2 Å². The Bertz CT molecular complexity index is 4150. The summed E-state index contributed by atoms with van der Waals surface area (Å²) in [5.74, 6) is -3.25. The van der Waals surface area contributed by atoms with Crippen molar-refractivity contribution in [2.45, 2.75) is 71.7 Å². The zero-order valence-electron chi connectivity index (χ0n) is 57.1. The first-order valence-electron chi connectivity index (χ1n) is 31.9. The summed E-state index contributed by atoms with van der Waals surface area (Å²) in [4.78, 5) is 9.97. The largest absolute Gasteiger partial charge is 0.507 e. The van der Waals surface area contributed by atoms with Crippen molar-refractivity contribution in [3.63, 3.8) is 0 Å². The zero-order chi connectivity index (χ0) is 64.0. The number of hydrogen-bond acceptors (Lipinski definition) is 3. The Morgan fingerprint density at radius 3 is 1.79 bits per heavy atom. The van der Waals surface area contributed by atoms with E-state index < -0.39 is 86.1 Å². The van der Waals surface area contributed by atoms with Gasteiger partial charge in [0.25, 0.3) is 0 Å². The van der Waals surface area contributed by atoms with E-state index in [2.05, 4.69) is 6.07 Å². The molecule has 0 unspecified atom stereocenters. The fourth-order valence-electron chi connectivity index (χ4n) is 8.91. The van der Waals surface area contributed by atoms with Gasteiger partial charge in [0, 0.05) is 70.3 Å². The van der Waals surface area contributed by atoms with Crippen LogP contribution in [0, 0.1) is 6.07 Å². The fraction of sp³-hybridized carbons (Fsp3) is 0.169. The molecule has 10 rings (SSSR count). The molecule has 0 bridgehead atoms. The van der Waals surface area contributed by atoms with Gasteiger partial charge in [-0.15, -0.1) is 23.8 Å². The van der Waals surface area contributed by atoms with Crippen LogP contribution in [0.3, 0.4) is 0 Å². The van der Waals surface area contributed by atoms with Gasteiger partial charge >= 0.3 is 0 Å². The van der Waals surface area contributed by atoms with Gasteiger partial charge in [0.2, 0.25) is 0 Å². The molecule has 2 aromatic heterocycles. The second-order valence-electron chi connectivity index (χ2n) is 17.4. The zero-order valence-corrected chi connectivity index (χ0v) is 40.4. The number of pyridine rings is 1. The van der Waals surface area contributed by atoms with Crippen molar-refractivity contribution >= 4 is 11.0 Å². The van der Waals surface area contributed by atoms with E-state index in [0.29, 0.717) is 45.1 Å². The van der Waals surface area contributed by atoms with Gasteiger partial charge in [0.15, 0.2) is 0 Å². The number of phenols is 1. The third-order valence-corrected chi connectivity index (χ3v) is 12.4. The van der Waals surface area contributed by atoms with Crippen LogP contribution in [0.5, 0.6) is 5.75 Å². The molecule has 350 valence electrons. The molecular weight excluding hydrogens is 1030 g/mol. The molecule has 0 amide bonds. The minimum Gasteiger partial charge on any atom is -0.507 e. The number of nitrogens with zero attached hydrogens (tertiary/aromatic N) is 3. The summed E-state index contributed by atoms with van der Waals surface area (Å²) in [6.07, 6.45) is 1.69. The maximum Gasteiger partial charge on any atom is 0.148 e. The molecule has 0 atom stereocenters. The van der Waals surface area contributed by atoms with Crippen LogP contribution in [0.4, 0.5) is 0 Å². The predicted molar refractivity (Wildman–Crippen MR) is 289 cm³/mol. The number of fused-ring (bicyclic) bond motifs is 1. The molecule has 0 saturated carbocycles. The van der Waals surface area contributed by atoms with Crippen molar-refractivity contribution in [3.8, 4) is 89.7 Å². The molecule has 70 heavy (non-hydrogen) atoms. The fourth-order valence-corrected chi connectivity index (χ4v) is 8.91. The summed E-state index contributed by atoms with van der Waals surface area (Å²) in [6.45, 7) is -21.4. The Morgan fingerprint density at radius 2 is 1.14 bits per heavy atom. The average molecular weight is 1110 g/mol. The minimum atomic E-state index is -4.17. The molecule has 0 radical (unpaired) electrons. The summed E-state index contributed by atoms with van der Waals surface area (Å²) < 4.78 is 169. The quantitative estimate of drug-likeness (QED) is 0.147. The third-order valence-electron chi connectivity index (χ3n) is 12.4. The smallest absolute Gasteiger partial charge is 0.148 e. The standard InChI is InChI=1S/C65H58N3O.Pt/c1-42(2)56-41-53(31-32-54(56)47-23-16-11-17-24-47)68-60-26-18-25-55(61(60)67-63(68)57-39-52(64(3,4)5)40-58(62(57)69)65(6,7)8)50-35-49(44-21-14-10-15-22-44)36-51(37-50)59-38-48(33-34-66-59)46-29-27-45(28-30-46)43-19-12-9-13-20-43;/h9-36,38-42,69H,1-8H3;/q-1;/i3D3,4D3,5D3,6D3,7D3,8D3,42D;.